The first-order valence-corrected chi connectivity index (χ1v) is 8.31. The van der Waals surface area contributed by atoms with Crippen molar-refractivity contribution in [2.75, 3.05) is 12.8 Å². The molecule has 5 heteroatoms. The molecule has 0 aliphatic carbocycles. The van der Waals surface area contributed by atoms with Gasteiger partial charge in [-0.25, -0.2) is 8.78 Å². The molecule has 1 atom stereocenters. The average Bonchev–Trinajstić information content (AvgIpc) is 2.48. The van der Waals surface area contributed by atoms with Crippen molar-refractivity contribution >= 4 is 27.7 Å². The highest BCUT2D eigenvalue weighted by Gasteiger charge is 2.21. The fourth-order valence-corrected chi connectivity index (χ4v) is 3.35. The second-order valence-corrected chi connectivity index (χ2v) is 6.67. The van der Waals surface area contributed by atoms with Crippen LogP contribution >= 0.6 is 27.7 Å². The van der Waals surface area contributed by atoms with Crippen LogP contribution in [0, 0.1) is 18.6 Å². The normalized spacial score (nSPS) is 12.4. The second kappa shape index (κ2) is 7.38. The van der Waals surface area contributed by atoms with Crippen LogP contribution in [0.3, 0.4) is 0 Å². The predicted molar refractivity (Wildman–Crippen MR) is 87.8 cm³/mol. The fraction of sp³-hybridized carbons (Fsp3) is 0.250. The molecule has 2 aromatic rings. The number of thioether (sulfide) groups is 1. The molecular formula is C16H16BrF2NS. The number of nitrogens with one attached hydrogen (secondary N) is 1. The molecule has 1 unspecified atom stereocenters. The molecule has 2 aromatic carbocycles. The Morgan fingerprint density at radius 3 is 2.43 bits per heavy atom. The first kappa shape index (κ1) is 16.5. The van der Waals surface area contributed by atoms with Crippen molar-refractivity contribution in [1.82, 2.24) is 5.32 Å². The largest absolute Gasteiger partial charge is 0.312 e. The van der Waals surface area contributed by atoms with Crippen LogP contribution in [0.1, 0.15) is 17.2 Å². The maximum atomic E-state index is 14.1. The molecule has 21 heavy (non-hydrogen) atoms. The van der Waals surface area contributed by atoms with Crippen molar-refractivity contribution in [3.63, 3.8) is 0 Å². The third-order valence-corrected chi connectivity index (χ3v) is 4.93. The van der Waals surface area contributed by atoms with E-state index in [0.717, 1.165) is 4.90 Å². The molecule has 0 fully saturated rings. The number of benzene rings is 2. The van der Waals surface area contributed by atoms with E-state index < -0.39 is 17.7 Å². The molecule has 0 heterocycles. The van der Waals surface area contributed by atoms with Crippen molar-refractivity contribution in [1.29, 1.82) is 0 Å². The van der Waals surface area contributed by atoms with E-state index in [9.17, 15) is 8.78 Å². The van der Waals surface area contributed by atoms with Crippen molar-refractivity contribution in [2.24, 2.45) is 0 Å². The number of hydrogen-bond acceptors (Lipinski definition) is 2. The minimum Gasteiger partial charge on any atom is -0.312 e. The van der Waals surface area contributed by atoms with Gasteiger partial charge in [-0.15, -0.1) is 11.8 Å². The Labute approximate surface area is 136 Å². The van der Waals surface area contributed by atoms with Crippen LogP contribution < -0.4 is 5.32 Å². The summed E-state index contributed by atoms with van der Waals surface area (Å²) in [5.41, 5.74) is 1.26. The molecule has 2 rings (SSSR count). The minimum atomic E-state index is -0.543. The molecule has 0 aromatic heterocycles. The zero-order valence-electron chi connectivity index (χ0n) is 11.8. The van der Waals surface area contributed by atoms with Gasteiger partial charge in [0.25, 0.3) is 0 Å². The zero-order valence-corrected chi connectivity index (χ0v) is 14.2. The van der Waals surface area contributed by atoms with Crippen molar-refractivity contribution in [3.8, 4) is 0 Å². The van der Waals surface area contributed by atoms with Gasteiger partial charge < -0.3 is 5.32 Å². The van der Waals surface area contributed by atoms with E-state index in [0.29, 0.717) is 5.75 Å². The predicted octanol–water partition coefficient (Wildman–Crippen LogP) is 5.09. The van der Waals surface area contributed by atoms with Crippen LogP contribution in [0.15, 0.2) is 45.8 Å². The molecule has 0 aliphatic heterocycles. The Balaban J connectivity index is 2.17. The van der Waals surface area contributed by atoms with Crippen LogP contribution in [0.25, 0.3) is 0 Å². The van der Waals surface area contributed by atoms with E-state index in [4.69, 9.17) is 0 Å². The summed E-state index contributed by atoms with van der Waals surface area (Å²) in [4.78, 5) is 1.08. The Morgan fingerprint density at radius 1 is 1.14 bits per heavy atom. The van der Waals surface area contributed by atoms with Gasteiger partial charge >= 0.3 is 0 Å². The molecular weight excluding hydrogens is 356 g/mol. The van der Waals surface area contributed by atoms with E-state index in [1.54, 1.807) is 18.8 Å². The van der Waals surface area contributed by atoms with Crippen molar-refractivity contribution in [3.05, 3.63) is 63.6 Å². The van der Waals surface area contributed by atoms with Gasteiger partial charge in [0, 0.05) is 22.3 Å². The van der Waals surface area contributed by atoms with Crippen LogP contribution in [-0.4, -0.2) is 12.8 Å². The second-order valence-electron chi connectivity index (χ2n) is 4.72. The number of hydrogen-bond donors (Lipinski definition) is 1. The van der Waals surface area contributed by atoms with Crippen LogP contribution in [0.5, 0.6) is 0 Å². The number of rotatable bonds is 5. The van der Waals surface area contributed by atoms with Gasteiger partial charge in [0.15, 0.2) is 0 Å². The maximum Gasteiger partial charge on any atom is 0.145 e. The van der Waals surface area contributed by atoms with Gasteiger partial charge in [0.05, 0.1) is 4.47 Å². The summed E-state index contributed by atoms with van der Waals surface area (Å²) in [5.74, 6) is -0.525. The molecule has 1 nitrogen and oxygen atoms in total. The molecule has 0 saturated heterocycles. The lowest BCUT2D eigenvalue weighted by molar-refractivity contribution is 0.510. The molecule has 0 saturated carbocycles. The van der Waals surface area contributed by atoms with E-state index in [1.165, 1.54) is 17.7 Å². The third-order valence-electron chi connectivity index (χ3n) is 3.21. The lowest BCUT2D eigenvalue weighted by Crippen LogP contribution is -2.21. The number of aryl methyl sites for hydroxylation is 1. The summed E-state index contributed by atoms with van der Waals surface area (Å²) >= 11 is 4.67. The van der Waals surface area contributed by atoms with E-state index >= 15 is 0 Å². The monoisotopic (exact) mass is 371 g/mol. The van der Waals surface area contributed by atoms with E-state index in [2.05, 4.69) is 21.2 Å². The molecule has 1 N–H and O–H groups in total. The molecule has 0 aliphatic rings. The van der Waals surface area contributed by atoms with Crippen LogP contribution in [-0.2, 0) is 0 Å². The summed E-state index contributed by atoms with van der Waals surface area (Å²) in [5, 5.41) is 2.99. The Kier molecular flexibility index (Phi) is 5.79. The Bertz CT molecular complexity index is 616. The minimum absolute atomic E-state index is 0.0755. The Morgan fingerprint density at radius 2 is 1.81 bits per heavy atom. The highest BCUT2D eigenvalue weighted by Crippen LogP contribution is 2.30. The maximum absolute atomic E-state index is 14.1. The van der Waals surface area contributed by atoms with E-state index in [-0.39, 0.29) is 10.0 Å². The standard InChI is InChI=1S/C16H16BrF2NS/c1-10-3-5-11(6-4-10)21-9-14(20-2)15-13(18)8-7-12(17)16(15)19/h3-8,14,20H,9H2,1-2H3. The third kappa shape index (κ3) is 4.05. The van der Waals surface area contributed by atoms with Crippen LogP contribution in [0.2, 0.25) is 0 Å². The SMILES string of the molecule is CNC(CSc1ccc(C)cc1)c1c(F)ccc(Br)c1F. The first-order chi connectivity index (χ1) is 10.0. The molecule has 0 spiro atoms. The Hall–Kier alpha value is -0.910. The summed E-state index contributed by atoms with van der Waals surface area (Å²) in [7, 11) is 1.71. The van der Waals surface area contributed by atoms with E-state index in [1.807, 2.05) is 31.2 Å². The van der Waals surface area contributed by atoms with Crippen molar-refractivity contribution < 1.29 is 8.78 Å². The quantitative estimate of drug-likeness (QED) is 0.580. The summed E-state index contributed by atoms with van der Waals surface area (Å²) in [6.45, 7) is 2.02. The van der Waals surface area contributed by atoms with Gasteiger partial charge in [-0.1, -0.05) is 17.7 Å². The summed E-state index contributed by atoms with van der Waals surface area (Å²) < 4.78 is 28.4. The zero-order chi connectivity index (χ0) is 15.4. The number of halogens is 3. The highest BCUT2D eigenvalue weighted by atomic mass is 79.9. The van der Waals surface area contributed by atoms with Gasteiger partial charge in [-0.05, 0) is 54.2 Å². The summed E-state index contributed by atoms with van der Waals surface area (Å²) in [6.07, 6.45) is 0. The topological polar surface area (TPSA) is 12.0 Å². The molecule has 0 amide bonds. The molecule has 0 radical (unpaired) electrons. The first-order valence-electron chi connectivity index (χ1n) is 6.53. The molecule has 112 valence electrons. The smallest absolute Gasteiger partial charge is 0.145 e. The van der Waals surface area contributed by atoms with Gasteiger partial charge in [0.1, 0.15) is 11.6 Å². The van der Waals surface area contributed by atoms with Crippen LogP contribution in [0.4, 0.5) is 8.78 Å². The lowest BCUT2D eigenvalue weighted by Gasteiger charge is -2.18. The molecule has 0 bridgehead atoms. The van der Waals surface area contributed by atoms with Gasteiger partial charge in [-0.2, -0.15) is 0 Å². The summed E-state index contributed by atoms with van der Waals surface area (Å²) in [6, 6.07) is 10.3. The van der Waals surface area contributed by atoms with Gasteiger partial charge in [-0.3, -0.25) is 0 Å². The highest BCUT2D eigenvalue weighted by molar-refractivity contribution is 9.10. The lowest BCUT2D eigenvalue weighted by atomic mass is 10.1. The van der Waals surface area contributed by atoms with Crippen molar-refractivity contribution in [2.45, 2.75) is 17.9 Å². The average molecular weight is 372 g/mol. The van der Waals surface area contributed by atoms with Gasteiger partial charge in [0.2, 0.25) is 0 Å². The fourth-order valence-electron chi connectivity index (χ4n) is 1.99.